The first-order valence-corrected chi connectivity index (χ1v) is 11.1. The summed E-state index contributed by atoms with van der Waals surface area (Å²) < 4.78 is 24.2. The molecule has 5 nitrogen and oxygen atoms in total. The van der Waals surface area contributed by atoms with E-state index in [1.54, 1.807) is 7.11 Å². The van der Waals surface area contributed by atoms with Gasteiger partial charge in [-0.1, -0.05) is 52.7 Å². The van der Waals surface area contributed by atoms with Crippen molar-refractivity contribution in [1.29, 1.82) is 0 Å². The molecule has 0 N–H and O–H groups in total. The summed E-state index contributed by atoms with van der Waals surface area (Å²) in [5, 5.41) is 0. The molecule has 0 aromatic heterocycles. The van der Waals surface area contributed by atoms with Gasteiger partial charge in [0.2, 0.25) is 0 Å². The lowest BCUT2D eigenvalue weighted by Gasteiger charge is -2.39. The molecule has 2 unspecified atom stereocenters. The largest absolute Gasteiger partial charge is 0.493 e. The Morgan fingerprint density at radius 2 is 1.72 bits per heavy atom. The lowest BCUT2D eigenvalue weighted by Crippen LogP contribution is -2.47. The van der Waals surface area contributed by atoms with Crippen LogP contribution in [-0.2, 0) is 9.47 Å². The molecule has 0 bridgehead atoms. The molecule has 1 aromatic carbocycles. The van der Waals surface area contributed by atoms with Crippen molar-refractivity contribution < 1.29 is 18.9 Å². The second-order valence-electron chi connectivity index (χ2n) is 8.83. The summed E-state index contributed by atoms with van der Waals surface area (Å²) in [5.74, 6) is 0.800. The van der Waals surface area contributed by atoms with Crippen LogP contribution in [0.2, 0.25) is 0 Å². The smallest absolute Gasteiger partial charge is 0.174 e. The van der Waals surface area contributed by atoms with E-state index < -0.39 is 5.79 Å². The van der Waals surface area contributed by atoms with E-state index in [-0.39, 0.29) is 11.5 Å². The fraction of sp³-hybridized carbons (Fsp3) is 0.750. The molecule has 0 amide bonds. The highest BCUT2D eigenvalue weighted by atomic mass is 16.7. The van der Waals surface area contributed by atoms with Gasteiger partial charge in [0.1, 0.15) is 0 Å². The van der Waals surface area contributed by atoms with Crippen molar-refractivity contribution in [2.75, 3.05) is 40.0 Å². The monoisotopic (exact) mass is 407 g/mol. The maximum atomic E-state index is 6.47. The summed E-state index contributed by atoms with van der Waals surface area (Å²) in [4.78, 5) is 2.53. The zero-order chi connectivity index (χ0) is 21.3. The highest BCUT2D eigenvalue weighted by Crippen LogP contribution is 2.41. The maximum absolute atomic E-state index is 6.47. The third-order valence-electron chi connectivity index (χ3n) is 5.94. The third kappa shape index (κ3) is 6.59. The first-order chi connectivity index (χ1) is 13.8. The van der Waals surface area contributed by atoms with Crippen molar-refractivity contribution in [2.24, 2.45) is 5.41 Å². The molecule has 1 aliphatic rings. The van der Waals surface area contributed by atoms with Gasteiger partial charge in [0, 0.05) is 6.54 Å². The molecule has 0 radical (unpaired) electrons. The Labute approximate surface area is 177 Å². The van der Waals surface area contributed by atoms with Crippen LogP contribution in [0.5, 0.6) is 11.5 Å². The maximum Gasteiger partial charge on any atom is 0.174 e. The molecule has 166 valence electrons. The molecule has 1 fully saturated rings. The predicted molar refractivity (Wildman–Crippen MR) is 118 cm³/mol. The summed E-state index contributed by atoms with van der Waals surface area (Å²) in [5.41, 5.74) is -0.319. The average molecular weight is 408 g/mol. The number of ether oxygens (including phenoxy) is 4. The number of hydrogen-bond donors (Lipinski definition) is 0. The quantitative estimate of drug-likeness (QED) is 0.453. The zero-order valence-corrected chi connectivity index (χ0v) is 19.3. The van der Waals surface area contributed by atoms with Gasteiger partial charge >= 0.3 is 0 Å². The van der Waals surface area contributed by atoms with E-state index in [9.17, 15) is 0 Å². The van der Waals surface area contributed by atoms with Crippen LogP contribution in [0, 0.1) is 5.41 Å². The lowest BCUT2D eigenvalue weighted by molar-refractivity contribution is -0.231. The van der Waals surface area contributed by atoms with Crippen molar-refractivity contribution >= 4 is 0 Å². The van der Waals surface area contributed by atoms with Gasteiger partial charge in [-0.25, -0.2) is 0 Å². The van der Waals surface area contributed by atoms with E-state index >= 15 is 0 Å². The summed E-state index contributed by atoms with van der Waals surface area (Å²) in [6, 6.07) is 7.72. The number of unbranched alkanes of at least 4 members (excludes halogenated alkanes) is 2. The van der Waals surface area contributed by atoms with E-state index in [1.165, 1.54) is 25.7 Å². The number of rotatable bonds is 13. The van der Waals surface area contributed by atoms with Crippen molar-refractivity contribution in [3.8, 4) is 11.5 Å². The van der Waals surface area contributed by atoms with Gasteiger partial charge in [-0.2, -0.15) is 0 Å². The van der Waals surface area contributed by atoms with Crippen LogP contribution in [0.4, 0.5) is 0 Å². The SMILES string of the molecule is CCCCN(CCCC)CC1COC(C)(C(C)(C)COc2ccccc2OC)O1. The number of hydrogen-bond acceptors (Lipinski definition) is 5. The Morgan fingerprint density at radius 3 is 2.31 bits per heavy atom. The van der Waals surface area contributed by atoms with Crippen LogP contribution in [0.25, 0.3) is 0 Å². The fourth-order valence-corrected chi connectivity index (χ4v) is 3.56. The molecule has 1 aromatic rings. The average Bonchev–Trinajstić information content (AvgIpc) is 3.11. The molecule has 1 heterocycles. The molecule has 29 heavy (non-hydrogen) atoms. The van der Waals surface area contributed by atoms with Crippen LogP contribution >= 0.6 is 0 Å². The minimum absolute atomic E-state index is 0.0965. The van der Waals surface area contributed by atoms with Crippen molar-refractivity contribution in [3.63, 3.8) is 0 Å². The normalized spacial score (nSPS) is 22.2. The van der Waals surface area contributed by atoms with Gasteiger partial charge in [0.05, 0.1) is 31.8 Å². The van der Waals surface area contributed by atoms with Gasteiger partial charge < -0.3 is 23.8 Å². The highest BCUT2D eigenvalue weighted by Gasteiger charge is 2.50. The third-order valence-corrected chi connectivity index (χ3v) is 5.94. The predicted octanol–water partition coefficient (Wildman–Crippen LogP) is 5.13. The standard InChI is InChI=1S/C24H41NO4/c1-7-9-15-25(16-10-8-2)17-20-18-28-24(5,29-20)23(3,4)19-27-22-14-12-11-13-21(22)26-6/h11-14,20H,7-10,15-19H2,1-6H3. The van der Waals surface area contributed by atoms with Crippen molar-refractivity contribution in [2.45, 2.75) is 72.2 Å². The van der Waals surface area contributed by atoms with Gasteiger partial charge in [0.15, 0.2) is 17.3 Å². The van der Waals surface area contributed by atoms with Crippen LogP contribution in [0.15, 0.2) is 24.3 Å². The second-order valence-corrected chi connectivity index (χ2v) is 8.83. The summed E-state index contributed by atoms with van der Waals surface area (Å²) in [7, 11) is 1.66. The molecule has 0 saturated carbocycles. The van der Waals surface area contributed by atoms with Crippen LogP contribution in [-0.4, -0.2) is 56.7 Å². The highest BCUT2D eigenvalue weighted by molar-refractivity contribution is 5.39. The Balaban J connectivity index is 1.94. The van der Waals surface area contributed by atoms with Crippen LogP contribution < -0.4 is 9.47 Å². The minimum atomic E-state index is -0.680. The molecule has 2 atom stereocenters. The molecule has 5 heteroatoms. The first kappa shape index (κ1) is 24.0. The summed E-state index contributed by atoms with van der Waals surface area (Å²) in [6.07, 6.45) is 4.99. The van der Waals surface area contributed by atoms with Gasteiger partial charge in [-0.15, -0.1) is 0 Å². The van der Waals surface area contributed by atoms with Crippen LogP contribution in [0.1, 0.15) is 60.3 Å². The van der Waals surface area contributed by atoms with Gasteiger partial charge in [-0.05, 0) is 45.0 Å². The molecule has 1 aliphatic heterocycles. The van der Waals surface area contributed by atoms with E-state index in [4.69, 9.17) is 18.9 Å². The number of para-hydroxylation sites is 2. The van der Waals surface area contributed by atoms with E-state index in [0.717, 1.165) is 31.1 Å². The molecule has 2 rings (SSSR count). The zero-order valence-electron chi connectivity index (χ0n) is 19.3. The molecule has 0 spiro atoms. The fourth-order valence-electron chi connectivity index (χ4n) is 3.56. The van der Waals surface area contributed by atoms with Crippen molar-refractivity contribution in [1.82, 2.24) is 4.90 Å². The first-order valence-electron chi connectivity index (χ1n) is 11.1. The Kier molecular flexibility index (Phi) is 9.25. The van der Waals surface area contributed by atoms with E-state index in [2.05, 4.69) is 32.6 Å². The van der Waals surface area contributed by atoms with Crippen molar-refractivity contribution in [3.05, 3.63) is 24.3 Å². The second kappa shape index (κ2) is 11.2. The molecule has 1 saturated heterocycles. The van der Waals surface area contributed by atoms with E-state index in [0.29, 0.717) is 13.2 Å². The topological polar surface area (TPSA) is 40.2 Å². The Morgan fingerprint density at radius 1 is 1.10 bits per heavy atom. The molecular weight excluding hydrogens is 366 g/mol. The summed E-state index contributed by atoms with van der Waals surface area (Å²) in [6.45, 7) is 15.1. The minimum Gasteiger partial charge on any atom is -0.493 e. The summed E-state index contributed by atoms with van der Waals surface area (Å²) >= 11 is 0. The lowest BCUT2D eigenvalue weighted by atomic mass is 9.85. The molecule has 0 aliphatic carbocycles. The Hall–Kier alpha value is -1.30. The number of benzene rings is 1. The Bertz CT molecular complexity index is 598. The number of nitrogens with zero attached hydrogens (tertiary/aromatic N) is 1. The van der Waals surface area contributed by atoms with Gasteiger partial charge in [0.25, 0.3) is 0 Å². The number of methoxy groups -OCH3 is 1. The van der Waals surface area contributed by atoms with Gasteiger partial charge in [-0.3, -0.25) is 0 Å². The van der Waals surface area contributed by atoms with E-state index in [1.807, 2.05) is 31.2 Å². The van der Waals surface area contributed by atoms with Crippen LogP contribution in [0.3, 0.4) is 0 Å². The molecular formula is C24H41NO4.